The highest BCUT2D eigenvalue weighted by atomic mass is 35.5. The number of aromatic amines is 1. The Bertz CT molecular complexity index is 1210. The normalized spacial score (nSPS) is 11.1. The highest BCUT2D eigenvalue weighted by Crippen LogP contribution is 2.27. The maximum atomic E-state index is 12.5. The summed E-state index contributed by atoms with van der Waals surface area (Å²) in [6, 6.07) is 8.51. The SMILES string of the molecule is CSCc1nc(C(=O)Nc2nc3scc(-c4ccc(Cl)cc4)n3n2)cc(=O)[nH]1. The van der Waals surface area contributed by atoms with Crippen LogP contribution >= 0.6 is 34.7 Å². The molecule has 0 bridgehead atoms. The minimum atomic E-state index is -0.542. The molecule has 1 aromatic carbocycles. The van der Waals surface area contributed by atoms with Gasteiger partial charge < -0.3 is 4.98 Å². The fraction of sp³-hybridized carbons (Fsp3) is 0.118. The van der Waals surface area contributed by atoms with Gasteiger partial charge in [0.2, 0.25) is 4.96 Å². The van der Waals surface area contributed by atoms with Gasteiger partial charge >= 0.3 is 0 Å². The molecule has 0 unspecified atom stereocenters. The molecule has 1 amide bonds. The quantitative estimate of drug-likeness (QED) is 0.501. The van der Waals surface area contributed by atoms with Crippen molar-refractivity contribution < 1.29 is 4.79 Å². The van der Waals surface area contributed by atoms with Crippen LogP contribution in [0.3, 0.4) is 0 Å². The molecule has 3 aromatic heterocycles. The van der Waals surface area contributed by atoms with E-state index in [2.05, 4.69) is 25.4 Å². The molecule has 142 valence electrons. The molecule has 0 aliphatic rings. The molecule has 11 heteroatoms. The summed E-state index contributed by atoms with van der Waals surface area (Å²) < 4.78 is 1.65. The van der Waals surface area contributed by atoms with Gasteiger partial charge in [-0.3, -0.25) is 14.9 Å². The number of halogens is 1. The average Bonchev–Trinajstić information content (AvgIpc) is 3.22. The zero-order valence-corrected chi connectivity index (χ0v) is 16.9. The van der Waals surface area contributed by atoms with Crippen LogP contribution in [-0.2, 0) is 5.75 Å². The molecule has 0 saturated carbocycles. The number of nitrogens with one attached hydrogen (secondary N) is 2. The number of carbonyl (C=O) groups excluding carboxylic acids is 1. The van der Waals surface area contributed by atoms with E-state index in [4.69, 9.17) is 11.6 Å². The number of hydrogen-bond donors (Lipinski definition) is 2. The Balaban J connectivity index is 1.61. The van der Waals surface area contributed by atoms with Gasteiger partial charge in [-0.1, -0.05) is 23.7 Å². The van der Waals surface area contributed by atoms with Crippen molar-refractivity contribution in [3.63, 3.8) is 0 Å². The number of thioether (sulfide) groups is 1. The lowest BCUT2D eigenvalue weighted by molar-refractivity contribution is 0.102. The average molecular weight is 433 g/mol. The summed E-state index contributed by atoms with van der Waals surface area (Å²) in [6.07, 6.45) is 1.88. The monoisotopic (exact) mass is 432 g/mol. The maximum absolute atomic E-state index is 12.5. The van der Waals surface area contributed by atoms with Crippen molar-refractivity contribution >= 4 is 51.5 Å². The molecule has 0 spiro atoms. The zero-order valence-electron chi connectivity index (χ0n) is 14.5. The number of rotatable bonds is 5. The second-order valence-electron chi connectivity index (χ2n) is 5.72. The van der Waals surface area contributed by atoms with Gasteiger partial charge in [-0.15, -0.1) is 16.4 Å². The minimum absolute atomic E-state index is 0.0175. The predicted octanol–water partition coefficient (Wildman–Crippen LogP) is 3.31. The summed E-state index contributed by atoms with van der Waals surface area (Å²) in [7, 11) is 0. The summed E-state index contributed by atoms with van der Waals surface area (Å²) in [4.78, 5) is 35.9. The summed E-state index contributed by atoms with van der Waals surface area (Å²) in [5.74, 6) is 0.536. The number of benzene rings is 1. The lowest BCUT2D eigenvalue weighted by Gasteiger charge is -2.03. The third kappa shape index (κ3) is 3.79. The first-order chi connectivity index (χ1) is 13.5. The van der Waals surface area contributed by atoms with E-state index in [0.29, 0.717) is 21.6 Å². The largest absolute Gasteiger partial charge is 0.310 e. The van der Waals surface area contributed by atoms with Crippen LogP contribution in [0.15, 0.2) is 40.5 Å². The molecule has 0 atom stereocenters. The van der Waals surface area contributed by atoms with Crippen molar-refractivity contribution in [2.75, 3.05) is 11.6 Å². The summed E-state index contributed by atoms with van der Waals surface area (Å²) in [5, 5.41) is 9.52. The van der Waals surface area contributed by atoms with Crippen LogP contribution in [-0.4, -0.2) is 36.7 Å². The van der Waals surface area contributed by atoms with E-state index in [1.165, 1.54) is 23.1 Å². The van der Waals surface area contributed by atoms with Crippen LogP contribution in [0.1, 0.15) is 16.3 Å². The van der Waals surface area contributed by atoms with E-state index in [-0.39, 0.29) is 17.2 Å². The van der Waals surface area contributed by atoms with E-state index in [0.717, 1.165) is 17.3 Å². The van der Waals surface area contributed by atoms with Gasteiger partial charge in [0.25, 0.3) is 17.4 Å². The van der Waals surface area contributed by atoms with Gasteiger partial charge in [-0.2, -0.15) is 16.7 Å². The number of aromatic nitrogens is 5. The Labute approximate surface area is 172 Å². The first-order valence-electron chi connectivity index (χ1n) is 8.04. The third-order valence-corrected chi connectivity index (χ3v) is 5.38. The van der Waals surface area contributed by atoms with Crippen LogP contribution in [0.2, 0.25) is 5.02 Å². The van der Waals surface area contributed by atoms with Gasteiger partial charge in [0, 0.05) is 22.0 Å². The Hall–Kier alpha value is -2.69. The van der Waals surface area contributed by atoms with Crippen LogP contribution in [0.25, 0.3) is 16.2 Å². The smallest absolute Gasteiger partial charge is 0.276 e. The van der Waals surface area contributed by atoms with E-state index in [1.807, 2.05) is 23.8 Å². The molecule has 4 aromatic rings. The molecule has 2 N–H and O–H groups in total. The van der Waals surface area contributed by atoms with Crippen molar-refractivity contribution in [2.45, 2.75) is 5.75 Å². The molecule has 0 saturated heterocycles. The molecule has 0 aliphatic carbocycles. The summed E-state index contributed by atoms with van der Waals surface area (Å²) in [6.45, 7) is 0. The molecule has 28 heavy (non-hydrogen) atoms. The second-order valence-corrected chi connectivity index (χ2v) is 7.86. The summed E-state index contributed by atoms with van der Waals surface area (Å²) >= 11 is 8.83. The van der Waals surface area contributed by atoms with Crippen molar-refractivity contribution in [1.82, 2.24) is 24.6 Å². The fourth-order valence-electron chi connectivity index (χ4n) is 2.55. The van der Waals surface area contributed by atoms with E-state index < -0.39 is 5.91 Å². The lowest BCUT2D eigenvalue weighted by Crippen LogP contribution is -2.20. The van der Waals surface area contributed by atoms with Crippen LogP contribution in [0.5, 0.6) is 0 Å². The van der Waals surface area contributed by atoms with Crippen molar-refractivity contribution in [2.24, 2.45) is 0 Å². The van der Waals surface area contributed by atoms with Crippen molar-refractivity contribution in [3.8, 4) is 11.3 Å². The lowest BCUT2D eigenvalue weighted by atomic mass is 10.2. The molecule has 0 aliphatic heterocycles. The maximum Gasteiger partial charge on any atom is 0.276 e. The number of thiazole rings is 1. The van der Waals surface area contributed by atoms with E-state index >= 15 is 0 Å². The van der Waals surface area contributed by atoms with Crippen LogP contribution in [0, 0.1) is 0 Å². The highest BCUT2D eigenvalue weighted by molar-refractivity contribution is 7.97. The van der Waals surface area contributed by atoms with Gasteiger partial charge in [0.1, 0.15) is 11.5 Å². The number of fused-ring (bicyclic) bond motifs is 1. The standard InChI is InChI=1S/C17H13ClN6O2S2/c1-27-8-13-19-11(6-14(25)20-13)15(26)21-16-22-17-24(23-16)12(7-28-17)9-2-4-10(18)5-3-9/h2-7H,8H2,1H3,(H,19,20,25)(H,21,23,26). The highest BCUT2D eigenvalue weighted by Gasteiger charge is 2.16. The van der Waals surface area contributed by atoms with Crippen LogP contribution < -0.4 is 10.9 Å². The topological polar surface area (TPSA) is 105 Å². The molecule has 3 heterocycles. The number of anilines is 1. The first kappa shape index (κ1) is 18.7. The number of carbonyl (C=O) groups is 1. The fourth-order valence-corrected chi connectivity index (χ4v) is 3.92. The first-order valence-corrected chi connectivity index (χ1v) is 10.7. The molecular weight excluding hydrogens is 420 g/mol. The van der Waals surface area contributed by atoms with Gasteiger partial charge in [0.05, 0.1) is 11.4 Å². The minimum Gasteiger partial charge on any atom is -0.310 e. The third-order valence-electron chi connectivity index (χ3n) is 3.75. The van der Waals surface area contributed by atoms with Crippen molar-refractivity contribution in [3.05, 3.63) is 62.6 Å². The van der Waals surface area contributed by atoms with Gasteiger partial charge in [-0.05, 0) is 18.4 Å². The Morgan fingerprint density at radius 2 is 2.11 bits per heavy atom. The molecule has 0 radical (unpaired) electrons. The Morgan fingerprint density at radius 1 is 1.32 bits per heavy atom. The Kier molecular flexibility index (Phi) is 5.16. The molecule has 0 fully saturated rings. The molecule has 8 nitrogen and oxygen atoms in total. The van der Waals surface area contributed by atoms with E-state index in [1.54, 1.807) is 16.6 Å². The number of nitrogens with zero attached hydrogens (tertiary/aromatic N) is 4. The number of amides is 1. The Morgan fingerprint density at radius 3 is 2.86 bits per heavy atom. The van der Waals surface area contributed by atoms with Crippen LogP contribution in [0.4, 0.5) is 5.95 Å². The molecule has 4 rings (SSSR count). The van der Waals surface area contributed by atoms with Gasteiger partial charge in [0.15, 0.2) is 0 Å². The van der Waals surface area contributed by atoms with Gasteiger partial charge in [-0.25, -0.2) is 9.50 Å². The summed E-state index contributed by atoms with van der Waals surface area (Å²) in [5.41, 5.74) is 1.40. The number of hydrogen-bond acceptors (Lipinski definition) is 7. The number of H-pyrrole nitrogens is 1. The second kappa shape index (κ2) is 7.74. The zero-order chi connectivity index (χ0) is 19.7. The predicted molar refractivity (Wildman–Crippen MR) is 111 cm³/mol. The van der Waals surface area contributed by atoms with E-state index in [9.17, 15) is 9.59 Å². The van der Waals surface area contributed by atoms with Crippen molar-refractivity contribution in [1.29, 1.82) is 0 Å². The molecular formula is C17H13ClN6O2S2.